The molecule has 1 saturated carbocycles. The molecule has 19 heavy (non-hydrogen) atoms. The van der Waals surface area contributed by atoms with Crippen LogP contribution < -0.4 is 16.0 Å². The molecule has 1 saturated heterocycles. The average molecular weight is 267 g/mol. The van der Waals surface area contributed by atoms with Crippen molar-refractivity contribution in [2.75, 3.05) is 13.1 Å². The molecule has 5 heteroatoms. The van der Waals surface area contributed by atoms with Gasteiger partial charge in [-0.1, -0.05) is 19.3 Å². The highest BCUT2D eigenvalue weighted by Gasteiger charge is 2.40. The first-order valence-electron chi connectivity index (χ1n) is 7.43. The molecule has 0 aromatic carbocycles. The highest BCUT2D eigenvalue weighted by molar-refractivity contribution is 5.91. The van der Waals surface area contributed by atoms with Gasteiger partial charge in [-0.3, -0.25) is 9.59 Å². The Balaban J connectivity index is 1.99. The van der Waals surface area contributed by atoms with Gasteiger partial charge in [0, 0.05) is 19.5 Å². The van der Waals surface area contributed by atoms with E-state index in [1.165, 1.54) is 6.92 Å². The molecule has 0 aromatic heterocycles. The lowest BCUT2D eigenvalue weighted by atomic mass is 9.80. The maximum atomic E-state index is 12.6. The fraction of sp³-hybridized carbons (Fsp3) is 0.857. The molecule has 1 aliphatic heterocycles. The lowest BCUT2D eigenvalue weighted by Crippen LogP contribution is -2.62. The third-order valence-corrected chi connectivity index (χ3v) is 4.19. The first kappa shape index (κ1) is 14.3. The Labute approximate surface area is 114 Å². The van der Waals surface area contributed by atoms with Crippen LogP contribution in [-0.4, -0.2) is 36.5 Å². The minimum Gasteiger partial charge on any atom is -0.350 e. The molecule has 0 spiro atoms. The van der Waals surface area contributed by atoms with Crippen molar-refractivity contribution in [3.05, 3.63) is 0 Å². The normalized spacial score (nSPS) is 26.5. The molecule has 1 atom stereocenters. The second-order valence-electron chi connectivity index (χ2n) is 5.84. The van der Waals surface area contributed by atoms with E-state index in [1.807, 2.05) is 0 Å². The van der Waals surface area contributed by atoms with E-state index in [0.29, 0.717) is 0 Å². The second-order valence-corrected chi connectivity index (χ2v) is 5.84. The molecule has 0 aromatic rings. The van der Waals surface area contributed by atoms with Crippen LogP contribution in [0.3, 0.4) is 0 Å². The predicted octanol–water partition coefficient (Wildman–Crippen LogP) is 0.694. The maximum absolute atomic E-state index is 12.6. The average Bonchev–Trinajstić information content (AvgIpc) is 2.40. The molecule has 108 valence electrons. The van der Waals surface area contributed by atoms with Gasteiger partial charge < -0.3 is 16.0 Å². The van der Waals surface area contributed by atoms with Crippen molar-refractivity contribution in [1.82, 2.24) is 16.0 Å². The van der Waals surface area contributed by atoms with Crippen molar-refractivity contribution in [3.8, 4) is 0 Å². The highest BCUT2D eigenvalue weighted by Crippen LogP contribution is 2.28. The van der Waals surface area contributed by atoms with Crippen molar-refractivity contribution in [2.24, 2.45) is 0 Å². The van der Waals surface area contributed by atoms with Crippen LogP contribution in [0.15, 0.2) is 0 Å². The Bertz CT molecular complexity index is 332. The zero-order chi connectivity index (χ0) is 13.7. The van der Waals surface area contributed by atoms with Gasteiger partial charge in [-0.05, 0) is 32.2 Å². The van der Waals surface area contributed by atoms with Gasteiger partial charge in [0.15, 0.2) is 0 Å². The third-order valence-electron chi connectivity index (χ3n) is 4.19. The van der Waals surface area contributed by atoms with Gasteiger partial charge in [0.05, 0.1) is 0 Å². The Hall–Kier alpha value is -1.10. The summed E-state index contributed by atoms with van der Waals surface area (Å²) in [7, 11) is 0. The molecule has 1 heterocycles. The minimum atomic E-state index is -0.665. The van der Waals surface area contributed by atoms with E-state index >= 15 is 0 Å². The summed E-state index contributed by atoms with van der Waals surface area (Å²) in [5, 5.41) is 9.33. The van der Waals surface area contributed by atoms with Crippen LogP contribution in [0.2, 0.25) is 0 Å². The Morgan fingerprint density at radius 2 is 1.89 bits per heavy atom. The first-order chi connectivity index (χ1) is 9.12. The molecule has 1 aliphatic carbocycles. The number of piperidine rings is 1. The van der Waals surface area contributed by atoms with E-state index in [-0.39, 0.29) is 17.9 Å². The molecule has 3 N–H and O–H groups in total. The maximum Gasteiger partial charge on any atom is 0.246 e. The quantitative estimate of drug-likeness (QED) is 0.705. The Morgan fingerprint density at radius 3 is 2.47 bits per heavy atom. The summed E-state index contributed by atoms with van der Waals surface area (Å²) in [5.74, 6) is -0.102. The van der Waals surface area contributed by atoms with Gasteiger partial charge in [-0.2, -0.15) is 0 Å². The lowest BCUT2D eigenvalue weighted by molar-refractivity contribution is -0.135. The summed E-state index contributed by atoms with van der Waals surface area (Å²) < 4.78 is 0. The highest BCUT2D eigenvalue weighted by atomic mass is 16.2. The number of nitrogens with one attached hydrogen (secondary N) is 3. The van der Waals surface area contributed by atoms with Gasteiger partial charge in [-0.15, -0.1) is 0 Å². The summed E-state index contributed by atoms with van der Waals surface area (Å²) in [4.78, 5) is 24.0. The SMILES string of the molecule is CC(=O)NC1(C(=O)NC2CCCNC2)CCCCC1. The van der Waals surface area contributed by atoms with Gasteiger partial charge >= 0.3 is 0 Å². The van der Waals surface area contributed by atoms with Crippen LogP contribution in [0.4, 0.5) is 0 Å². The fourth-order valence-electron chi connectivity index (χ4n) is 3.20. The number of hydrogen-bond acceptors (Lipinski definition) is 3. The number of hydrogen-bond donors (Lipinski definition) is 3. The minimum absolute atomic E-state index is 0.0103. The summed E-state index contributed by atoms with van der Waals surface area (Å²) in [5.41, 5.74) is -0.665. The van der Waals surface area contributed by atoms with E-state index in [4.69, 9.17) is 0 Å². The van der Waals surface area contributed by atoms with E-state index in [2.05, 4.69) is 16.0 Å². The largest absolute Gasteiger partial charge is 0.350 e. The molecule has 0 radical (unpaired) electrons. The van der Waals surface area contributed by atoms with Crippen LogP contribution >= 0.6 is 0 Å². The summed E-state index contributed by atoms with van der Waals surface area (Å²) in [6.45, 7) is 3.36. The standard InChI is InChI=1S/C14H25N3O2/c1-11(18)17-14(7-3-2-4-8-14)13(19)16-12-6-5-9-15-10-12/h12,15H,2-10H2,1H3,(H,16,19)(H,17,18). The van der Waals surface area contributed by atoms with Gasteiger partial charge in [0.25, 0.3) is 0 Å². The van der Waals surface area contributed by atoms with Crippen LogP contribution in [0, 0.1) is 0 Å². The van der Waals surface area contributed by atoms with Crippen LogP contribution in [0.25, 0.3) is 0 Å². The Morgan fingerprint density at radius 1 is 1.16 bits per heavy atom. The van der Waals surface area contributed by atoms with Crippen LogP contribution in [0.5, 0.6) is 0 Å². The number of rotatable bonds is 3. The molecular formula is C14H25N3O2. The molecule has 0 bridgehead atoms. The lowest BCUT2D eigenvalue weighted by Gasteiger charge is -2.38. The molecule has 2 amide bonds. The van der Waals surface area contributed by atoms with Crippen molar-refractivity contribution in [3.63, 3.8) is 0 Å². The first-order valence-corrected chi connectivity index (χ1v) is 7.43. The van der Waals surface area contributed by atoms with Crippen LogP contribution in [0.1, 0.15) is 51.9 Å². The fourth-order valence-corrected chi connectivity index (χ4v) is 3.20. The van der Waals surface area contributed by atoms with E-state index in [9.17, 15) is 9.59 Å². The number of carbonyl (C=O) groups excluding carboxylic acids is 2. The van der Waals surface area contributed by atoms with Gasteiger partial charge in [0.2, 0.25) is 11.8 Å². The molecular weight excluding hydrogens is 242 g/mol. The second kappa shape index (κ2) is 6.37. The van der Waals surface area contributed by atoms with Gasteiger partial charge in [0.1, 0.15) is 5.54 Å². The molecule has 5 nitrogen and oxygen atoms in total. The van der Waals surface area contributed by atoms with E-state index in [1.54, 1.807) is 0 Å². The molecule has 1 unspecified atom stereocenters. The topological polar surface area (TPSA) is 70.2 Å². The van der Waals surface area contributed by atoms with Crippen molar-refractivity contribution in [1.29, 1.82) is 0 Å². The third kappa shape index (κ3) is 3.69. The predicted molar refractivity (Wildman–Crippen MR) is 73.7 cm³/mol. The summed E-state index contributed by atoms with van der Waals surface area (Å²) in [6.07, 6.45) is 6.82. The zero-order valence-corrected chi connectivity index (χ0v) is 11.8. The van der Waals surface area contributed by atoms with Crippen molar-refractivity contribution >= 4 is 11.8 Å². The summed E-state index contributed by atoms with van der Waals surface area (Å²) >= 11 is 0. The van der Waals surface area contributed by atoms with E-state index < -0.39 is 5.54 Å². The van der Waals surface area contributed by atoms with Crippen molar-refractivity contribution < 1.29 is 9.59 Å². The molecule has 2 fully saturated rings. The van der Waals surface area contributed by atoms with E-state index in [0.717, 1.165) is 58.0 Å². The number of amides is 2. The monoisotopic (exact) mass is 267 g/mol. The van der Waals surface area contributed by atoms with Crippen molar-refractivity contribution in [2.45, 2.75) is 63.5 Å². The summed E-state index contributed by atoms with van der Waals surface area (Å²) in [6, 6.07) is 0.203. The smallest absolute Gasteiger partial charge is 0.246 e. The molecule has 2 aliphatic rings. The zero-order valence-electron chi connectivity index (χ0n) is 11.8. The molecule has 2 rings (SSSR count). The van der Waals surface area contributed by atoms with Gasteiger partial charge in [-0.25, -0.2) is 0 Å². The number of carbonyl (C=O) groups is 2. The van der Waals surface area contributed by atoms with Crippen LogP contribution in [-0.2, 0) is 9.59 Å². The Kier molecular flexibility index (Phi) is 4.80.